The van der Waals surface area contributed by atoms with Crippen LogP contribution in [0.15, 0.2) is 119 Å². The van der Waals surface area contributed by atoms with Crippen LogP contribution in [0.5, 0.6) is 5.75 Å². The van der Waals surface area contributed by atoms with Crippen LogP contribution in [0.25, 0.3) is 33.2 Å². The molecule has 0 atom stereocenters. The second-order valence-corrected chi connectivity index (χ2v) is 13.5. The Kier molecular flexibility index (Phi) is 9.22. The molecule has 11 heteroatoms. The Morgan fingerprint density at radius 3 is 2.23 bits per heavy atom. The van der Waals surface area contributed by atoms with E-state index in [0.717, 1.165) is 27.5 Å². The third-order valence-electron chi connectivity index (χ3n) is 7.52. The van der Waals surface area contributed by atoms with Crippen LogP contribution in [-0.4, -0.2) is 19.6 Å². The number of carbonyl (C=O) groups is 1. The summed E-state index contributed by atoms with van der Waals surface area (Å²) in [6, 6.07) is 31.1. The summed E-state index contributed by atoms with van der Waals surface area (Å²) < 4.78 is 39.1. The van der Waals surface area contributed by atoms with E-state index in [-0.39, 0.29) is 17.4 Å². The van der Waals surface area contributed by atoms with Gasteiger partial charge >= 0.3 is 6.03 Å². The molecule has 0 aliphatic carbocycles. The fraction of sp³-hybridized carbons (Fsp3) is 0.111. The minimum Gasteiger partial charge on any atom is -0.489 e. The molecule has 47 heavy (non-hydrogen) atoms. The van der Waals surface area contributed by atoms with Gasteiger partial charge in [-0.05, 0) is 65.0 Å². The number of ether oxygens (including phenoxy) is 1. The highest BCUT2D eigenvalue weighted by atomic mass is 35.5. The van der Waals surface area contributed by atoms with Gasteiger partial charge in [0.1, 0.15) is 23.8 Å². The van der Waals surface area contributed by atoms with Gasteiger partial charge in [0.05, 0.1) is 26.2 Å². The van der Waals surface area contributed by atoms with Gasteiger partial charge < -0.3 is 14.6 Å². The molecule has 0 unspecified atom stereocenters. The van der Waals surface area contributed by atoms with Crippen LogP contribution in [0.1, 0.15) is 31.1 Å². The minimum atomic E-state index is -4.01. The molecule has 0 radical (unpaired) electrons. The van der Waals surface area contributed by atoms with Crippen molar-refractivity contribution < 1.29 is 22.5 Å². The van der Waals surface area contributed by atoms with Gasteiger partial charge in [0.15, 0.2) is 0 Å². The van der Waals surface area contributed by atoms with Crippen molar-refractivity contribution in [2.24, 2.45) is 0 Å². The van der Waals surface area contributed by atoms with Crippen molar-refractivity contribution >= 4 is 55.7 Å². The summed E-state index contributed by atoms with van der Waals surface area (Å²) in [6.45, 7) is 4.24. The lowest BCUT2D eigenvalue weighted by Gasteiger charge is -2.12. The van der Waals surface area contributed by atoms with Gasteiger partial charge in [-0.1, -0.05) is 103 Å². The molecular formula is C36H29Cl2N3O5S. The third kappa shape index (κ3) is 6.97. The number of hydrogen-bond acceptors (Lipinski definition) is 6. The lowest BCUT2D eigenvalue weighted by atomic mass is 10.00. The molecule has 2 N–H and O–H groups in total. The van der Waals surface area contributed by atoms with Crippen molar-refractivity contribution in [1.29, 1.82) is 0 Å². The van der Waals surface area contributed by atoms with Crippen LogP contribution in [0, 0.1) is 0 Å². The Morgan fingerprint density at radius 1 is 0.851 bits per heavy atom. The number of nitrogens with zero attached hydrogens (tertiary/aromatic N) is 1. The number of anilines is 1. The average Bonchev–Trinajstić information content (AvgIpc) is 3.48. The van der Waals surface area contributed by atoms with Gasteiger partial charge in [0.2, 0.25) is 0 Å². The number of aromatic nitrogens is 1. The normalized spacial score (nSPS) is 11.5. The molecule has 0 bridgehead atoms. The standard InChI is InChI=1S/C36H29Cl2N3O5S/c1-22(2)35-29(34(40-46-35)33-30(37)11-7-12-31(33)38)21-45-26-17-14-23(15-18-26)24-16-19-28-25(20-24)8-6-13-32(28)39-36(42)41-47(43,44)27-9-4-3-5-10-27/h3-20,22H,21H2,1-2H3,(H2,39,41,42). The molecule has 238 valence electrons. The summed E-state index contributed by atoms with van der Waals surface area (Å²) in [5.74, 6) is 1.43. The zero-order valence-electron chi connectivity index (χ0n) is 25.3. The topological polar surface area (TPSA) is 111 Å². The Balaban J connectivity index is 1.17. The van der Waals surface area contributed by atoms with Crippen LogP contribution in [0.3, 0.4) is 0 Å². The summed E-state index contributed by atoms with van der Waals surface area (Å²) >= 11 is 13.0. The molecule has 1 aromatic heterocycles. The fourth-order valence-corrected chi connectivity index (χ4v) is 6.74. The smallest absolute Gasteiger partial charge is 0.333 e. The number of hydrogen-bond donors (Lipinski definition) is 2. The number of halogens is 2. The summed E-state index contributed by atoms with van der Waals surface area (Å²) in [4.78, 5) is 12.6. The lowest BCUT2D eigenvalue weighted by Crippen LogP contribution is -2.34. The van der Waals surface area contributed by atoms with Crippen LogP contribution in [0.2, 0.25) is 10.0 Å². The van der Waals surface area contributed by atoms with Crippen LogP contribution >= 0.6 is 23.2 Å². The van der Waals surface area contributed by atoms with Gasteiger partial charge in [0.25, 0.3) is 10.0 Å². The molecular weight excluding hydrogens is 657 g/mol. The van der Waals surface area contributed by atoms with E-state index in [9.17, 15) is 13.2 Å². The summed E-state index contributed by atoms with van der Waals surface area (Å²) in [7, 11) is -4.01. The first-order valence-corrected chi connectivity index (χ1v) is 16.9. The largest absolute Gasteiger partial charge is 0.489 e. The van der Waals surface area contributed by atoms with E-state index >= 15 is 0 Å². The van der Waals surface area contributed by atoms with E-state index in [1.165, 1.54) is 12.1 Å². The van der Waals surface area contributed by atoms with E-state index in [0.29, 0.717) is 38.5 Å². The highest BCUT2D eigenvalue weighted by Gasteiger charge is 2.24. The fourth-order valence-electron chi connectivity index (χ4n) is 5.24. The second-order valence-electron chi connectivity index (χ2n) is 11.1. The predicted octanol–water partition coefficient (Wildman–Crippen LogP) is 9.68. The van der Waals surface area contributed by atoms with Crippen molar-refractivity contribution in [2.45, 2.75) is 31.3 Å². The van der Waals surface area contributed by atoms with Crippen LogP contribution in [-0.2, 0) is 16.6 Å². The molecule has 2 amide bonds. The number of fused-ring (bicyclic) bond motifs is 1. The Hall–Kier alpha value is -4.83. The summed E-state index contributed by atoms with van der Waals surface area (Å²) in [5.41, 5.74) is 4.33. The van der Waals surface area contributed by atoms with Crippen LogP contribution in [0.4, 0.5) is 10.5 Å². The molecule has 0 aliphatic rings. The van der Waals surface area contributed by atoms with E-state index in [4.69, 9.17) is 32.5 Å². The first-order valence-electron chi connectivity index (χ1n) is 14.7. The summed E-state index contributed by atoms with van der Waals surface area (Å²) in [5, 5.41) is 9.53. The quantitative estimate of drug-likeness (QED) is 0.157. The SMILES string of the molecule is CC(C)c1onc(-c2c(Cl)cccc2Cl)c1COc1ccc(-c2ccc3c(NC(=O)NS(=O)(=O)c4ccccc4)cccc3c2)cc1. The molecule has 0 saturated heterocycles. The van der Waals surface area contributed by atoms with Crippen molar-refractivity contribution in [3.8, 4) is 28.1 Å². The Labute approximate surface area is 282 Å². The lowest BCUT2D eigenvalue weighted by molar-refractivity contribution is 0.256. The molecule has 0 aliphatic heterocycles. The zero-order chi connectivity index (χ0) is 33.1. The van der Waals surface area contributed by atoms with Crippen molar-refractivity contribution in [3.05, 3.63) is 131 Å². The molecule has 0 saturated carbocycles. The molecule has 8 nitrogen and oxygen atoms in total. The van der Waals surface area contributed by atoms with Crippen molar-refractivity contribution in [2.75, 3.05) is 5.32 Å². The highest BCUT2D eigenvalue weighted by molar-refractivity contribution is 7.90. The molecule has 6 rings (SSSR count). The number of carbonyl (C=O) groups excluding carboxylic acids is 1. The predicted molar refractivity (Wildman–Crippen MR) is 186 cm³/mol. The van der Waals surface area contributed by atoms with Crippen molar-refractivity contribution in [1.82, 2.24) is 9.88 Å². The third-order valence-corrected chi connectivity index (χ3v) is 9.50. The maximum absolute atomic E-state index is 12.6. The van der Waals surface area contributed by atoms with Crippen molar-refractivity contribution in [3.63, 3.8) is 0 Å². The number of amides is 2. The minimum absolute atomic E-state index is 0.000290. The first-order chi connectivity index (χ1) is 22.6. The number of urea groups is 1. The Bertz CT molecular complexity index is 2160. The van der Waals surface area contributed by atoms with Crippen LogP contribution < -0.4 is 14.8 Å². The maximum atomic E-state index is 12.6. The van der Waals surface area contributed by atoms with Gasteiger partial charge in [0, 0.05) is 16.9 Å². The molecule has 5 aromatic carbocycles. The van der Waals surface area contributed by atoms with Gasteiger partial charge in [-0.25, -0.2) is 17.9 Å². The molecule has 0 fully saturated rings. The van der Waals surface area contributed by atoms with E-state index < -0.39 is 16.1 Å². The first kappa shape index (κ1) is 32.1. The Morgan fingerprint density at radius 2 is 1.53 bits per heavy atom. The molecule has 1 heterocycles. The average molecular weight is 687 g/mol. The van der Waals surface area contributed by atoms with E-state index in [1.54, 1.807) is 48.5 Å². The number of rotatable bonds is 9. The molecule has 6 aromatic rings. The summed E-state index contributed by atoms with van der Waals surface area (Å²) in [6.07, 6.45) is 0. The van der Waals surface area contributed by atoms with Gasteiger partial charge in [-0.2, -0.15) is 0 Å². The second kappa shape index (κ2) is 13.5. The maximum Gasteiger partial charge on any atom is 0.333 e. The number of benzene rings is 5. The van der Waals surface area contributed by atoms with E-state index in [2.05, 4.69) is 15.2 Å². The van der Waals surface area contributed by atoms with Gasteiger partial charge in [-0.3, -0.25) is 0 Å². The van der Waals surface area contributed by atoms with Gasteiger partial charge in [-0.15, -0.1) is 0 Å². The zero-order valence-corrected chi connectivity index (χ0v) is 27.7. The number of sulfonamides is 1. The van der Waals surface area contributed by atoms with E-state index in [1.807, 2.05) is 62.4 Å². The molecule has 0 spiro atoms. The highest BCUT2D eigenvalue weighted by Crippen LogP contribution is 2.39. The monoisotopic (exact) mass is 685 g/mol. The number of nitrogens with one attached hydrogen (secondary N) is 2.